The van der Waals surface area contributed by atoms with Crippen LogP contribution in [0.25, 0.3) is 0 Å². The van der Waals surface area contributed by atoms with Gasteiger partial charge in [-0.05, 0) is 118 Å². The maximum absolute atomic E-state index is 5.54. The predicted octanol–water partition coefficient (Wildman–Crippen LogP) is 7.71. The zero-order chi connectivity index (χ0) is 23.1. The van der Waals surface area contributed by atoms with Crippen LogP contribution in [-0.2, 0) is 0 Å². The number of rotatable bonds is 2. The highest BCUT2D eigenvalue weighted by atomic mass is 31.1. The molecule has 2 aliphatic carbocycles. The first kappa shape index (κ1) is 23.6. The summed E-state index contributed by atoms with van der Waals surface area (Å²) in [5.41, 5.74) is 7.87. The average Bonchev–Trinajstić information content (AvgIpc) is 3.14. The van der Waals surface area contributed by atoms with E-state index in [1.807, 2.05) is 0 Å². The molecule has 1 heterocycles. The summed E-state index contributed by atoms with van der Waals surface area (Å²) in [6.07, 6.45) is 4.11. The fraction of sp³-hybridized carbons (Fsp3) is 0.731. The van der Waals surface area contributed by atoms with E-state index in [1.54, 1.807) is 5.71 Å². The lowest BCUT2D eigenvalue weighted by molar-refractivity contribution is 0.234. The van der Waals surface area contributed by atoms with Gasteiger partial charge in [0, 0.05) is 30.7 Å². The summed E-state index contributed by atoms with van der Waals surface area (Å²) in [5, 5.41) is 0. The molecule has 31 heavy (non-hydrogen) atoms. The molecule has 0 aromatic heterocycles. The number of hydrogen-bond donors (Lipinski definition) is 0. The van der Waals surface area contributed by atoms with Gasteiger partial charge < -0.3 is 0 Å². The van der Waals surface area contributed by atoms with Crippen LogP contribution < -0.4 is 0 Å². The van der Waals surface area contributed by atoms with E-state index in [-0.39, 0.29) is 19.3 Å². The Labute approximate surface area is 193 Å². The largest absolute Gasteiger partial charge is 0.272 e. The fourth-order valence-corrected chi connectivity index (χ4v) is 18.9. The second-order valence-electron chi connectivity index (χ2n) is 12.8. The van der Waals surface area contributed by atoms with E-state index in [0.29, 0.717) is 11.6 Å². The van der Waals surface area contributed by atoms with E-state index in [2.05, 4.69) is 96.2 Å². The van der Waals surface area contributed by atoms with Gasteiger partial charge in [0.25, 0.3) is 0 Å². The standard InChI is InChI=1S/C26H44N3PSi/c1-17-14-18(2)22(19(3)15-17)27-23-20-12-13-21(16-20)24(23)30-28(25(4,5)6)31(10,11)29(30)26(7,8)9/h14-15,20-21,24H,12-13,16H2,1-11H3. The maximum Gasteiger partial charge on any atom is 0.210 e. The Morgan fingerprint density at radius 1 is 0.903 bits per heavy atom. The van der Waals surface area contributed by atoms with Crippen LogP contribution in [0.15, 0.2) is 17.1 Å². The van der Waals surface area contributed by atoms with E-state index in [0.717, 1.165) is 5.92 Å². The van der Waals surface area contributed by atoms with Gasteiger partial charge in [0.05, 0.1) is 5.69 Å². The third kappa shape index (κ3) is 3.80. The van der Waals surface area contributed by atoms with Crippen molar-refractivity contribution in [3.63, 3.8) is 0 Å². The van der Waals surface area contributed by atoms with Crippen molar-refractivity contribution in [2.75, 3.05) is 0 Å². The van der Waals surface area contributed by atoms with Crippen molar-refractivity contribution in [3.05, 3.63) is 28.8 Å². The number of fused-ring (bicyclic) bond motifs is 2. The van der Waals surface area contributed by atoms with Crippen LogP contribution in [0.4, 0.5) is 5.69 Å². The molecule has 0 radical (unpaired) electrons. The van der Waals surface area contributed by atoms with E-state index in [1.165, 1.54) is 41.6 Å². The van der Waals surface area contributed by atoms with Gasteiger partial charge in [-0.15, -0.1) is 0 Å². The smallest absolute Gasteiger partial charge is 0.210 e. The Hall–Kier alpha value is -0.543. The quantitative estimate of drug-likeness (QED) is 0.334. The van der Waals surface area contributed by atoms with Gasteiger partial charge in [-0.3, -0.25) is 13.7 Å². The number of nitrogens with zero attached hydrogens (tertiary/aromatic N) is 3. The van der Waals surface area contributed by atoms with E-state index in [9.17, 15) is 0 Å². The van der Waals surface area contributed by atoms with Crippen LogP contribution in [0.2, 0.25) is 13.1 Å². The molecule has 5 heteroatoms. The lowest BCUT2D eigenvalue weighted by Gasteiger charge is -2.72. The Kier molecular flexibility index (Phi) is 5.70. The molecule has 3 aliphatic rings. The summed E-state index contributed by atoms with van der Waals surface area (Å²) in [5.74, 6) is 1.52. The summed E-state index contributed by atoms with van der Waals surface area (Å²) < 4.78 is 5.99. The van der Waals surface area contributed by atoms with Gasteiger partial charge in [-0.2, -0.15) is 0 Å². The van der Waals surface area contributed by atoms with E-state index in [4.69, 9.17) is 4.99 Å². The van der Waals surface area contributed by atoms with Gasteiger partial charge in [-0.25, -0.2) is 0 Å². The van der Waals surface area contributed by atoms with Crippen molar-refractivity contribution in [1.82, 2.24) is 8.67 Å². The number of aryl methyl sites for hydroxylation is 3. The molecule has 3 nitrogen and oxygen atoms in total. The number of hydrogen-bond acceptors (Lipinski definition) is 3. The molecule has 1 saturated heterocycles. The van der Waals surface area contributed by atoms with Crippen LogP contribution in [0, 0.1) is 32.6 Å². The second kappa shape index (κ2) is 7.48. The Morgan fingerprint density at radius 2 is 1.42 bits per heavy atom. The third-order valence-electron chi connectivity index (χ3n) is 7.48. The summed E-state index contributed by atoms with van der Waals surface area (Å²) >= 11 is 0. The summed E-state index contributed by atoms with van der Waals surface area (Å²) in [7, 11) is -2.02. The molecule has 3 unspecified atom stereocenters. The van der Waals surface area contributed by atoms with Crippen LogP contribution in [-0.4, -0.2) is 39.5 Å². The lowest BCUT2D eigenvalue weighted by Crippen LogP contribution is -2.78. The Morgan fingerprint density at radius 3 is 1.90 bits per heavy atom. The van der Waals surface area contributed by atoms with Crippen LogP contribution >= 0.6 is 8.22 Å². The van der Waals surface area contributed by atoms with Crippen molar-refractivity contribution >= 4 is 28.0 Å². The van der Waals surface area contributed by atoms with Gasteiger partial charge in [-0.1, -0.05) is 17.7 Å². The molecule has 1 aromatic carbocycles. The molecular formula is C26H44N3PSi. The normalized spacial score (nSPS) is 30.9. The molecule has 3 fully saturated rings. The summed E-state index contributed by atoms with van der Waals surface area (Å²) in [4.78, 5) is 5.54. The highest BCUT2D eigenvalue weighted by Gasteiger charge is 2.66. The highest BCUT2D eigenvalue weighted by Crippen LogP contribution is 2.73. The molecule has 1 aromatic rings. The first-order chi connectivity index (χ1) is 14.1. The summed E-state index contributed by atoms with van der Waals surface area (Å²) in [6, 6.07) is 4.62. The topological polar surface area (TPSA) is 18.8 Å². The molecule has 4 rings (SSSR count). The first-order valence-corrected chi connectivity index (χ1v) is 16.4. The molecule has 2 bridgehead atoms. The molecule has 2 saturated carbocycles. The third-order valence-corrected chi connectivity index (χ3v) is 18.3. The molecule has 0 N–H and O–H groups in total. The Bertz CT molecular complexity index is 861. The van der Waals surface area contributed by atoms with Gasteiger partial charge in [0.2, 0.25) is 8.40 Å². The number of benzene rings is 1. The number of aliphatic imine (C=N–C) groups is 1. The SMILES string of the molecule is Cc1cc(C)c(N=C2C3CCC(C3)C2P2N(C(C)(C)C)[Si](C)(C)N2C(C)(C)C)c(C)c1. The minimum absolute atomic E-state index is 0.214. The Balaban J connectivity index is 1.83. The zero-order valence-corrected chi connectivity index (χ0v) is 23.7. The lowest BCUT2D eigenvalue weighted by atomic mass is 9.97. The van der Waals surface area contributed by atoms with Gasteiger partial charge in [0.1, 0.15) is 0 Å². The van der Waals surface area contributed by atoms with Crippen LogP contribution in [0.1, 0.15) is 77.5 Å². The molecule has 1 aliphatic heterocycles. The molecule has 0 spiro atoms. The fourth-order valence-electron chi connectivity index (χ4n) is 7.15. The van der Waals surface area contributed by atoms with Gasteiger partial charge in [0.15, 0.2) is 0 Å². The molecule has 3 atom stereocenters. The van der Waals surface area contributed by atoms with E-state index < -0.39 is 8.40 Å². The predicted molar refractivity (Wildman–Crippen MR) is 140 cm³/mol. The average molecular weight is 458 g/mol. The van der Waals surface area contributed by atoms with Gasteiger partial charge >= 0.3 is 0 Å². The molecule has 172 valence electrons. The monoisotopic (exact) mass is 457 g/mol. The molecule has 0 amide bonds. The van der Waals surface area contributed by atoms with Crippen molar-refractivity contribution in [2.24, 2.45) is 16.8 Å². The molecular weight excluding hydrogens is 413 g/mol. The van der Waals surface area contributed by atoms with Crippen LogP contribution in [0.5, 0.6) is 0 Å². The minimum Gasteiger partial charge on any atom is -0.272 e. The maximum atomic E-state index is 5.54. The summed E-state index contributed by atoms with van der Waals surface area (Å²) in [6.45, 7) is 26.5. The van der Waals surface area contributed by atoms with Crippen molar-refractivity contribution in [1.29, 1.82) is 0 Å². The van der Waals surface area contributed by atoms with Crippen molar-refractivity contribution in [2.45, 2.75) is 111 Å². The first-order valence-electron chi connectivity index (χ1n) is 12.2. The van der Waals surface area contributed by atoms with Crippen LogP contribution in [0.3, 0.4) is 0 Å². The van der Waals surface area contributed by atoms with Crippen molar-refractivity contribution < 1.29 is 0 Å². The van der Waals surface area contributed by atoms with E-state index >= 15 is 0 Å². The zero-order valence-electron chi connectivity index (χ0n) is 21.8. The van der Waals surface area contributed by atoms with Crippen molar-refractivity contribution in [3.8, 4) is 0 Å². The highest BCUT2D eigenvalue weighted by molar-refractivity contribution is 7.63. The minimum atomic E-state index is -1.65. The second-order valence-corrected chi connectivity index (χ2v) is 19.4.